The summed E-state index contributed by atoms with van der Waals surface area (Å²) in [5.41, 5.74) is 3.50. The van der Waals surface area contributed by atoms with Crippen molar-refractivity contribution in [2.45, 2.75) is 12.8 Å². The molecule has 1 aromatic heterocycles. The number of benzene rings is 2. The Morgan fingerprint density at radius 3 is 2.89 bits per heavy atom. The number of pyridine rings is 1. The Labute approximate surface area is 168 Å². The summed E-state index contributed by atoms with van der Waals surface area (Å²) in [6.07, 6.45) is 3.77. The summed E-state index contributed by atoms with van der Waals surface area (Å²) in [5, 5.41) is 3.40. The van der Waals surface area contributed by atoms with E-state index in [1.54, 1.807) is 37.6 Å². The van der Waals surface area contributed by atoms with Crippen molar-refractivity contribution in [1.29, 1.82) is 0 Å². The Morgan fingerprint density at radius 2 is 2.04 bits per heavy atom. The molecule has 142 valence electrons. The molecule has 5 nitrogen and oxygen atoms in total. The number of para-hydroxylation sites is 1. The van der Waals surface area contributed by atoms with E-state index in [-0.39, 0.29) is 5.91 Å². The molecule has 0 atom stereocenters. The van der Waals surface area contributed by atoms with E-state index in [9.17, 15) is 4.79 Å². The second-order valence-corrected chi connectivity index (χ2v) is 7.02. The first-order valence-corrected chi connectivity index (χ1v) is 9.50. The van der Waals surface area contributed by atoms with Crippen molar-refractivity contribution in [3.05, 3.63) is 76.9 Å². The first-order valence-electron chi connectivity index (χ1n) is 9.12. The van der Waals surface area contributed by atoms with Crippen LogP contribution in [0.15, 0.2) is 60.8 Å². The monoisotopic (exact) mass is 393 g/mol. The Kier molecular flexibility index (Phi) is 5.17. The van der Waals surface area contributed by atoms with Gasteiger partial charge in [0.2, 0.25) is 0 Å². The van der Waals surface area contributed by atoms with Crippen LogP contribution >= 0.6 is 11.6 Å². The zero-order chi connectivity index (χ0) is 19.5. The number of nitrogens with zero attached hydrogens (tertiary/aromatic N) is 2. The fourth-order valence-electron chi connectivity index (χ4n) is 3.45. The molecule has 0 bridgehead atoms. The molecule has 0 unspecified atom stereocenters. The van der Waals surface area contributed by atoms with Gasteiger partial charge in [-0.15, -0.1) is 0 Å². The van der Waals surface area contributed by atoms with Crippen molar-refractivity contribution in [1.82, 2.24) is 4.98 Å². The van der Waals surface area contributed by atoms with E-state index in [1.165, 1.54) is 5.56 Å². The fraction of sp³-hybridized carbons (Fsp3) is 0.182. The lowest BCUT2D eigenvalue weighted by Gasteiger charge is -2.30. The van der Waals surface area contributed by atoms with Crippen LogP contribution in [-0.2, 0) is 6.42 Å². The first-order chi connectivity index (χ1) is 13.7. The smallest absolute Gasteiger partial charge is 0.255 e. The molecule has 0 saturated carbocycles. The number of anilines is 3. The molecule has 0 radical (unpaired) electrons. The van der Waals surface area contributed by atoms with Gasteiger partial charge in [0.05, 0.1) is 12.8 Å². The van der Waals surface area contributed by atoms with Crippen molar-refractivity contribution in [3.8, 4) is 5.75 Å². The number of amides is 1. The predicted molar refractivity (Wildman–Crippen MR) is 112 cm³/mol. The number of carbonyl (C=O) groups is 1. The SMILES string of the molecule is COc1ccc(Cl)cc1NC(=O)c1ccnc(N2CCCc3ccccc32)c1. The number of halogens is 1. The highest BCUT2D eigenvalue weighted by atomic mass is 35.5. The summed E-state index contributed by atoms with van der Waals surface area (Å²) in [4.78, 5) is 19.5. The molecule has 0 fully saturated rings. The summed E-state index contributed by atoms with van der Waals surface area (Å²) >= 11 is 6.05. The number of methoxy groups -OCH3 is 1. The summed E-state index contributed by atoms with van der Waals surface area (Å²) in [7, 11) is 1.55. The van der Waals surface area contributed by atoms with Gasteiger partial charge in [-0.2, -0.15) is 0 Å². The topological polar surface area (TPSA) is 54.5 Å². The third-order valence-electron chi connectivity index (χ3n) is 4.80. The highest BCUT2D eigenvalue weighted by Crippen LogP contribution is 2.33. The van der Waals surface area contributed by atoms with Crippen LogP contribution in [0.4, 0.5) is 17.2 Å². The van der Waals surface area contributed by atoms with Crippen molar-refractivity contribution in [2.75, 3.05) is 23.9 Å². The number of hydrogen-bond acceptors (Lipinski definition) is 4. The van der Waals surface area contributed by atoms with E-state index < -0.39 is 0 Å². The third-order valence-corrected chi connectivity index (χ3v) is 5.04. The molecule has 28 heavy (non-hydrogen) atoms. The Balaban J connectivity index is 1.61. The molecular weight excluding hydrogens is 374 g/mol. The molecule has 2 heterocycles. The van der Waals surface area contributed by atoms with Gasteiger partial charge in [-0.05, 0) is 54.8 Å². The van der Waals surface area contributed by atoms with Gasteiger partial charge in [-0.25, -0.2) is 4.98 Å². The Hall–Kier alpha value is -3.05. The first kappa shape index (κ1) is 18.3. The maximum absolute atomic E-state index is 12.8. The number of rotatable bonds is 4. The molecule has 1 amide bonds. The van der Waals surface area contributed by atoms with Crippen LogP contribution in [0.25, 0.3) is 0 Å². The average Bonchev–Trinajstić information content (AvgIpc) is 2.73. The summed E-state index contributed by atoms with van der Waals surface area (Å²) < 4.78 is 5.30. The van der Waals surface area contributed by atoms with Crippen LogP contribution in [0, 0.1) is 0 Å². The largest absolute Gasteiger partial charge is 0.495 e. The van der Waals surface area contributed by atoms with E-state index in [2.05, 4.69) is 33.4 Å². The van der Waals surface area contributed by atoms with Gasteiger partial charge in [0, 0.05) is 29.0 Å². The molecule has 4 rings (SSSR count). The minimum absolute atomic E-state index is 0.241. The standard InChI is InChI=1S/C22H20ClN3O2/c1-28-20-9-8-17(23)14-18(20)25-22(27)16-10-11-24-21(13-16)26-12-4-6-15-5-2-3-7-19(15)26/h2-3,5,7-11,13-14H,4,6,12H2,1H3,(H,25,27). The molecule has 2 aromatic carbocycles. The lowest BCUT2D eigenvalue weighted by atomic mass is 10.0. The molecule has 6 heteroatoms. The molecule has 3 aromatic rings. The van der Waals surface area contributed by atoms with Crippen LogP contribution in [0.2, 0.25) is 5.02 Å². The molecular formula is C22H20ClN3O2. The van der Waals surface area contributed by atoms with E-state index in [0.29, 0.717) is 22.0 Å². The second kappa shape index (κ2) is 7.90. The zero-order valence-electron chi connectivity index (χ0n) is 15.5. The Morgan fingerprint density at radius 1 is 1.18 bits per heavy atom. The fourth-order valence-corrected chi connectivity index (χ4v) is 3.62. The van der Waals surface area contributed by atoms with Gasteiger partial charge in [-0.3, -0.25) is 4.79 Å². The van der Waals surface area contributed by atoms with E-state index in [4.69, 9.17) is 16.3 Å². The van der Waals surface area contributed by atoms with E-state index in [0.717, 1.165) is 30.9 Å². The van der Waals surface area contributed by atoms with Crippen molar-refractivity contribution in [2.24, 2.45) is 0 Å². The number of hydrogen-bond donors (Lipinski definition) is 1. The lowest BCUT2D eigenvalue weighted by Crippen LogP contribution is -2.25. The van der Waals surface area contributed by atoms with Gasteiger partial charge in [-0.1, -0.05) is 29.8 Å². The van der Waals surface area contributed by atoms with Crippen molar-refractivity contribution in [3.63, 3.8) is 0 Å². The maximum Gasteiger partial charge on any atom is 0.255 e. The number of aromatic nitrogens is 1. The van der Waals surface area contributed by atoms with E-state index >= 15 is 0 Å². The summed E-state index contributed by atoms with van der Waals surface area (Å²) in [5.74, 6) is 1.07. The highest BCUT2D eigenvalue weighted by Gasteiger charge is 2.20. The highest BCUT2D eigenvalue weighted by molar-refractivity contribution is 6.31. The van der Waals surface area contributed by atoms with E-state index in [1.807, 2.05) is 12.1 Å². The third kappa shape index (κ3) is 3.66. The van der Waals surface area contributed by atoms with Crippen molar-refractivity contribution >= 4 is 34.7 Å². The molecule has 1 aliphatic heterocycles. The lowest BCUT2D eigenvalue weighted by molar-refractivity contribution is 0.102. The van der Waals surface area contributed by atoms with Crippen LogP contribution in [0.3, 0.4) is 0 Å². The van der Waals surface area contributed by atoms with Gasteiger partial charge >= 0.3 is 0 Å². The number of ether oxygens (including phenoxy) is 1. The van der Waals surface area contributed by atoms with Crippen molar-refractivity contribution < 1.29 is 9.53 Å². The zero-order valence-corrected chi connectivity index (χ0v) is 16.2. The van der Waals surface area contributed by atoms with Gasteiger partial charge in [0.1, 0.15) is 11.6 Å². The molecule has 0 saturated heterocycles. The number of fused-ring (bicyclic) bond motifs is 1. The van der Waals surface area contributed by atoms with Gasteiger partial charge < -0.3 is 15.0 Å². The van der Waals surface area contributed by atoms with Crippen LogP contribution in [-0.4, -0.2) is 24.5 Å². The number of carbonyl (C=O) groups excluding carboxylic acids is 1. The summed E-state index contributed by atoms with van der Waals surface area (Å²) in [6, 6.07) is 16.9. The Bertz CT molecular complexity index is 1020. The maximum atomic E-state index is 12.8. The molecule has 0 spiro atoms. The molecule has 0 aliphatic carbocycles. The van der Waals surface area contributed by atoms with Gasteiger partial charge in [0.25, 0.3) is 5.91 Å². The average molecular weight is 394 g/mol. The van der Waals surface area contributed by atoms with Crippen LogP contribution < -0.4 is 15.0 Å². The predicted octanol–water partition coefficient (Wildman–Crippen LogP) is 5.08. The molecule has 1 N–H and O–H groups in total. The van der Waals surface area contributed by atoms with Crippen LogP contribution in [0.1, 0.15) is 22.3 Å². The normalized spacial score (nSPS) is 13.0. The summed E-state index contributed by atoms with van der Waals surface area (Å²) in [6.45, 7) is 0.872. The quantitative estimate of drug-likeness (QED) is 0.671. The van der Waals surface area contributed by atoms with Crippen LogP contribution in [0.5, 0.6) is 5.75 Å². The second-order valence-electron chi connectivity index (χ2n) is 6.59. The number of aryl methyl sites for hydroxylation is 1. The minimum Gasteiger partial charge on any atom is -0.495 e. The number of nitrogens with one attached hydrogen (secondary N) is 1. The van der Waals surface area contributed by atoms with Gasteiger partial charge in [0.15, 0.2) is 0 Å². The molecule has 1 aliphatic rings. The minimum atomic E-state index is -0.241.